The zero-order chi connectivity index (χ0) is 5.82. The van der Waals surface area contributed by atoms with E-state index in [1.807, 2.05) is 19.2 Å². The Morgan fingerprint density at radius 3 is 2.67 bits per heavy atom. The molecule has 0 aliphatic heterocycles. The fraction of sp³-hybridized carbons (Fsp3) is 0.333. The third kappa shape index (κ3) is 2.08. The third-order valence-electron chi connectivity index (χ3n) is 0.828. The van der Waals surface area contributed by atoms with Crippen LogP contribution in [0.4, 0.5) is 5.82 Å². The molecule has 50 valence electrons. The van der Waals surface area contributed by atoms with E-state index in [0.29, 0.717) is 0 Å². The molecule has 0 radical (unpaired) electrons. The van der Waals surface area contributed by atoms with E-state index >= 15 is 0 Å². The van der Waals surface area contributed by atoms with Gasteiger partial charge in [0.25, 0.3) is 0 Å². The predicted octanol–water partition coefficient (Wildman–Crippen LogP) is 1.15. The largest absolute Gasteiger partial charge is 0.372 e. The number of hydrogen-bond donors (Lipinski definition) is 1. The zero-order valence-electron chi connectivity index (χ0n) is 4.63. The van der Waals surface area contributed by atoms with Gasteiger partial charge in [-0.3, -0.25) is 0 Å². The number of anilines is 1. The SMILES string of the molecule is C.CNc1cccnn1. The van der Waals surface area contributed by atoms with Crippen LogP contribution in [-0.4, -0.2) is 17.2 Å². The number of nitrogens with zero attached hydrogens (tertiary/aromatic N) is 2. The van der Waals surface area contributed by atoms with Crippen LogP contribution < -0.4 is 5.32 Å². The fourth-order valence-corrected chi connectivity index (χ4v) is 0.435. The lowest BCUT2D eigenvalue weighted by Crippen LogP contribution is -1.91. The number of aromatic nitrogens is 2. The normalized spacial score (nSPS) is 7.67. The average Bonchev–Trinajstić information content (AvgIpc) is 1.90. The maximum Gasteiger partial charge on any atom is 0.148 e. The van der Waals surface area contributed by atoms with Gasteiger partial charge in [-0.25, -0.2) is 0 Å². The van der Waals surface area contributed by atoms with E-state index in [1.54, 1.807) is 6.20 Å². The summed E-state index contributed by atoms with van der Waals surface area (Å²) in [6.07, 6.45) is 1.64. The number of hydrogen-bond acceptors (Lipinski definition) is 3. The molecule has 0 saturated carbocycles. The smallest absolute Gasteiger partial charge is 0.148 e. The lowest BCUT2D eigenvalue weighted by Gasteiger charge is -1.91. The molecule has 9 heavy (non-hydrogen) atoms. The van der Waals surface area contributed by atoms with Crippen molar-refractivity contribution in [3.8, 4) is 0 Å². The summed E-state index contributed by atoms with van der Waals surface area (Å²) in [6, 6.07) is 3.69. The summed E-state index contributed by atoms with van der Waals surface area (Å²) >= 11 is 0. The first-order valence-electron chi connectivity index (χ1n) is 2.39. The van der Waals surface area contributed by atoms with Crippen LogP contribution in [0.3, 0.4) is 0 Å². The molecule has 0 spiro atoms. The summed E-state index contributed by atoms with van der Waals surface area (Å²) < 4.78 is 0. The van der Waals surface area contributed by atoms with Gasteiger partial charge in [0.1, 0.15) is 5.82 Å². The standard InChI is InChI=1S/C5H7N3.CH4/c1-6-5-3-2-4-7-8-5;/h2-4H,1H3,(H,6,8);1H4. The minimum absolute atomic E-state index is 0. The summed E-state index contributed by atoms with van der Waals surface area (Å²) in [6.45, 7) is 0. The second-order valence-electron chi connectivity index (χ2n) is 1.36. The molecule has 0 amide bonds. The number of nitrogens with one attached hydrogen (secondary N) is 1. The van der Waals surface area contributed by atoms with Crippen molar-refractivity contribution < 1.29 is 0 Å². The van der Waals surface area contributed by atoms with Crippen molar-refractivity contribution in [3.05, 3.63) is 18.3 Å². The zero-order valence-corrected chi connectivity index (χ0v) is 4.63. The van der Waals surface area contributed by atoms with Gasteiger partial charge in [0.15, 0.2) is 0 Å². The molecule has 0 aliphatic rings. The van der Waals surface area contributed by atoms with Gasteiger partial charge >= 0.3 is 0 Å². The van der Waals surface area contributed by atoms with Gasteiger partial charge in [0, 0.05) is 13.2 Å². The van der Waals surface area contributed by atoms with Crippen LogP contribution in [0.1, 0.15) is 7.43 Å². The van der Waals surface area contributed by atoms with E-state index in [4.69, 9.17) is 0 Å². The molecule has 1 N–H and O–H groups in total. The Hall–Kier alpha value is -1.12. The summed E-state index contributed by atoms with van der Waals surface area (Å²) in [5.74, 6) is 0.799. The fourth-order valence-electron chi connectivity index (χ4n) is 0.435. The molecule has 3 heteroatoms. The van der Waals surface area contributed by atoms with E-state index in [1.165, 1.54) is 0 Å². The van der Waals surface area contributed by atoms with Crippen LogP contribution in [0.2, 0.25) is 0 Å². The quantitative estimate of drug-likeness (QED) is 0.612. The van der Waals surface area contributed by atoms with Gasteiger partial charge in [-0.05, 0) is 12.1 Å². The molecular formula is C6H11N3. The van der Waals surface area contributed by atoms with Gasteiger partial charge in [0.2, 0.25) is 0 Å². The highest BCUT2D eigenvalue weighted by atomic mass is 15.2. The van der Waals surface area contributed by atoms with Crippen molar-refractivity contribution in [1.29, 1.82) is 0 Å². The highest BCUT2D eigenvalue weighted by molar-refractivity contribution is 5.29. The molecule has 1 heterocycles. The van der Waals surface area contributed by atoms with Crippen molar-refractivity contribution in [3.63, 3.8) is 0 Å². The summed E-state index contributed by atoms with van der Waals surface area (Å²) in [7, 11) is 1.81. The van der Waals surface area contributed by atoms with Crippen LogP contribution in [0.25, 0.3) is 0 Å². The Balaban J connectivity index is 0.000000640. The molecule has 0 saturated heterocycles. The maximum atomic E-state index is 3.74. The molecule has 1 rings (SSSR count). The average molecular weight is 125 g/mol. The van der Waals surface area contributed by atoms with Crippen molar-refractivity contribution in [2.24, 2.45) is 0 Å². The van der Waals surface area contributed by atoms with Crippen molar-refractivity contribution >= 4 is 5.82 Å². The van der Waals surface area contributed by atoms with Crippen LogP contribution >= 0.6 is 0 Å². The Kier molecular flexibility index (Phi) is 3.35. The first-order valence-corrected chi connectivity index (χ1v) is 2.39. The van der Waals surface area contributed by atoms with Crippen LogP contribution in [-0.2, 0) is 0 Å². The van der Waals surface area contributed by atoms with Crippen LogP contribution in [0.15, 0.2) is 18.3 Å². The first kappa shape index (κ1) is 7.88. The lowest BCUT2D eigenvalue weighted by atomic mass is 10.5. The van der Waals surface area contributed by atoms with E-state index in [-0.39, 0.29) is 7.43 Å². The monoisotopic (exact) mass is 125 g/mol. The van der Waals surface area contributed by atoms with Gasteiger partial charge < -0.3 is 5.32 Å². The Labute approximate surface area is 55.1 Å². The van der Waals surface area contributed by atoms with E-state index in [2.05, 4.69) is 15.5 Å². The van der Waals surface area contributed by atoms with E-state index in [0.717, 1.165) is 5.82 Å². The minimum atomic E-state index is 0. The highest BCUT2D eigenvalue weighted by Gasteiger charge is 1.81. The molecule has 0 fully saturated rings. The molecular weight excluding hydrogens is 114 g/mol. The minimum Gasteiger partial charge on any atom is -0.372 e. The Bertz CT molecular complexity index is 150. The first-order chi connectivity index (χ1) is 3.93. The Morgan fingerprint density at radius 2 is 2.33 bits per heavy atom. The molecule has 0 aliphatic carbocycles. The summed E-state index contributed by atoms with van der Waals surface area (Å²) in [4.78, 5) is 0. The molecule has 0 atom stereocenters. The topological polar surface area (TPSA) is 37.8 Å². The highest BCUT2D eigenvalue weighted by Crippen LogP contribution is 1.93. The summed E-state index contributed by atoms with van der Waals surface area (Å²) in [5.41, 5.74) is 0. The molecule has 3 nitrogen and oxygen atoms in total. The van der Waals surface area contributed by atoms with E-state index < -0.39 is 0 Å². The molecule has 1 aromatic heterocycles. The van der Waals surface area contributed by atoms with Gasteiger partial charge in [0.05, 0.1) is 0 Å². The third-order valence-corrected chi connectivity index (χ3v) is 0.828. The van der Waals surface area contributed by atoms with E-state index in [9.17, 15) is 0 Å². The van der Waals surface area contributed by atoms with Crippen molar-refractivity contribution in [2.75, 3.05) is 12.4 Å². The molecule has 0 bridgehead atoms. The van der Waals surface area contributed by atoms with Crippen LogP contribution in [0, 0.1) is 0 Å². The lowest BCUT2D eigenvalue weighted by molar-refractivity contribution is 1.03. The van der Waals surface area contributed by atoms with Gasteiger partial charge in [-0.1, -0.05) is 7.43 Å². The maximum absolute atomic E-state index is 3.74. The van der Waals surface area contributed by atoms with Crippen molar-refractivity contribution in [2.45, 2.75) is 7.43 Å². The molecule has 1 aromatic rings. The predicted molar refractivity (Wildman–Crippen MR) is 38.3 cm³/mol. The second kappa shape index (κ2) is 3.83. The van der Waals surface area contributed by atoms with Gasteiger partial charge in [-0.2, -0.15) is 5.10 Å². The van der Waals surface area contributed by atoms with Gasteiger partial charge in [-0.15, -0.1) is 5.10 Å². The Morgan fingerprint density at radius 1 is 1.56 bits per heavy atom. The molecule has 0 unspecified atom stereocenters. The summed E-state index contributed by atoms with van der Waals surface area (Å²) in [5, 5.41) is 10.2. The van der Waals surface area contributed by atoms with Crippen molar-refractivity contribution in [1.82, 2.24) is 10.2 Å². The molecule has 0 aromatic carbocycles. The second-order valence-corrected chi connectivity index (χ2v) is 1.36. The number of rotatable bonds is 1. The van der Waals surface area contributed by atoms with Crippen LogP contribution in [0.5, 0.6) is 0 Å².